The lowest BCUT2D eigenvalue weighted by Crippen LogP contribution is -2.44. The first-order valence-electron chi connectivity index (χ1n) is 9.12. The number of nitrogens with zero attached hydrogens (tertiary/aromatic N) is 1. The molecular weight excluding hydrogens is 326 g/mol. The highest BCUT2D eigenvalue weighted by Gasteiger charge is 2.41. The van der Waals surface area contributed by atoms with Crippen molar-refractivity contribution in [1.29, 1.82) is 0 Å². The number of benzene rings is 2. The van der Waals surface area contributed by atoms with Crippen LogP contribution < -0.4 is 15.5 Å². The smallest absolute Gasteiger partial charge is 0.247 e. The van der Waals surface area contributed by atoms with Crippen molar-refractivity contribution in [2.75, 3.05) is 16.8 Å². The molecule has 2 aliphatic heterocycles. The molecule has 0 bridgehead atoms. The molecule has 2 aliphatic rings. The van der Waals surface area contributed by atoms with Crippen molar-refractivity contribution in [3.8, 4) is 0 Å². The number of anilines is 2. The highest BCUT2D eigenvalue weighted by molar-refractivity contribution is 6.04. The van der Waals surface area contributed by atoms with E-state index in [-0.39, 0.29) is 23.9 Å². The molecule has 0 aliphatic carbocycles. The van der Waals surface area contributed by atoms with Crippen molar-refractivity contribution in [3.05, 3.63) is 59.7 Å². The van der Waals surface area contributed by atoms with Crippen LogP contribution in [0.5, 0.6) is 0 Å². The van der Waals surface area contributed by atoms with Crippen LogP contribution in [-0.2, 0) is 16.0 Å². The van der Waals surface area contributed by atoms with E-state index in [9.17, 15) is 9.59 Å². The Balaban J connectivity index is 1.38. The number of para-hydroxylation sites is 2. The average Bonchev–Trinajstić information content (AvgIpc) is 3.06. The van der Waals surface area contributed by atoms with Crippen molar-refractivity contribution in [2.24, 2.45) is 0 Å². The fourth-order valence-corrected chi connectivity index (χ4v) is 3.94. The molecule has 0 spiro atoms. The Bertz CT molecular complexity index is 849. The van der Waals surface area contributed by atoms with Gasteiger partial charge in [-0.05, 0) is 43.0 Å². The average molecular weight is 349 g/mol. The van der Waals surface area contributed by atoms with Gasteiger partial charge in [-0.1, -0.05) is 36.4 Å². The van der Waals surface area contributed by atoms with Crippen LogP contribution in [0.1, 0.15) is 24.0 Å². The molecule has 2 N–H and O–H groups in total. The normalized spacial score (nSPS) is 21.0. The molecule has 2 aromatic carbocycles. The van der Waals surface area contributed by atoms with Crippen LogP contribution in [0.25, 0.3) is 0 Å². The van der Waals surface area contributed by atoms with Gasteiger partial charge in [-0.3, -0.25) is 9.59 Å². The molecule has 4 rings (SSSR count). The molecule has 0 aromatic heterocycles. The molecule has 2 amide bonds. The summed E-state index contributed by atoms with van der Waals surface area (Å²) >= 11 is 0. The maximum absolute atomic E-state index is 12.4. The molecule has 1 saturated heterocycles. The number of carbonyl (C=O) groups is 2. The summed E-state index contributed by atoms with van der Waals surface area (Å²) in [5, 5.41) is 6.08. The van der Waals surface area contributed by atoms with E-state index in [4.69, 9.17) is 0 Å². The largest absolute Gasteiger partial charge is 0.356 e. The van der Waals surface area contributed by atoms with Gasteiger partial charge in [-0.15, -0.1) is 0 Å². The number of carbonyl (C=O) groups excluding carboxylic acids is 2. The van der Waals surface area contributed by atoms with Crippen LogP contribution in [0.2, 0.25) is 0 Å². The van der Waals surface area contributed by atoms with E-state index in [0.29, 0.717) is 19.4 Å². The number of rotatable bonds is 4. The SMILES string of the molecule is Cc1ccccc1CCC(=O)NC1CC2C(=O)Nc3ccccc3N2C1. The second-order valence-electron chi connectivity index (χ2n) is 7.10. The first-order valence-corrected chi connectivity index (χ1v) is 9.12. The zero-order chi connectivity index (χ0) is 18.1. The van der Waals surface area contributed by atoms with Gasteiger partial charge in [-0.25, -0.2) is 0 Å². The Morgan fingerprint density at radius 2 is 1.96 bits per heavy atom. The fourth-order valence-electron chi connectivity index (χ4n) is 3.94. The van der Waals surface area contributed by atoms with Gasteiger partial charge in [-0.2, -0.15) is 0 Å². The van der Waals surface area contributed by atoms with Crippen molar-refractivity contribution >= 4 is 23.2 Å². The summed E-state index contributed by atoms with van der Waals surface area (Å²) in [6, 6.07) is 15.8. The molecule has 134 valence electrons. The Hall–Kier alpha value is -2.82. The van der Waals surface area contributed by atoms with Crippen LogP contribution >= 0.6 is 0 Å². The van der Waals surface area contributed by atoms with Crippen molar-refractivity contribution in [1.82, 2.24) is 5.32 Å². The monoisotopic (exact) mass is 349 g/mol. The van der Waals surface area contributed by atoms with E-state index < -0.39 is 0 Å². The lowest BCUT2D eigenvalue weighted by molar-refractivity contribution is -0.122. The van der Waals surface area contributed by atoms with Crippen molar-refractivity contribution < 1.29 is 9.59 Å². The second kappa shape index (κ2) is 6.83. The third-order valence-electron chi connectivity index (χ3n) is 5.32. The summed E-state index contributed by atoms with van der Waals surface area (Å²) < 4.78 is 0. The fraction of sp³-hybridized carbons (Fsp3) is 0.333. The van der Waals surface area contributed by atoms with E-state index >= 15 is 0 Å². The molecule has 0 radical (unpaired) electrons. The van der Waals surface area contributed by atoms with E-state index in [2.05, 4.69) is 34.6 Å². The first kappa shape index (κ1) is 16.6. The summed E-state index contributed by atoms with van der Waals surface area (Å²) in [6.07, 6.45) is 1.85. The number of hydrogen-bond donors (Lipinski definition) is 2. The third-order valence-corrected chi connectivity index (χ3v) is 5.32. The minimum atomic E-state index is -0.202. The third kappa shape index (κ3) is 3.17. The maximum atomic E-state index is 12.4. The highest BCUT2D eigenvalue weighted by atomic mass is 16.2. The predicted molar refractivity (Wildman–Crippen MR) is 102 cm³/mol. The zero-order valence-electron chi connectivity index (χ0n) is 14.9. The second-order valence-corrected chi connectivity index (χ2v) is 7.10. The zero-order valence-corrected chi connectivity index (χ0v) is 14.9. The molecule has 5 nitrogen and oxygen atoms in total. The lowest BCUT2D eigenvalue weighted by atomic mass is 10.0. The molecule has 0 saturated carbocycles. The molecule has 2 heterocycles. The van der Waals surface area contributed by atoms with Crippen LogP contribution in [0.3, 0.4) is 0 Å². The summed E-state index contributed by atoms with van der Waals surface area (Å²) in [7, 11) is 0. The highest BCUT2D eigenvalue weighted by Crippen LogP contribution is 2.36. The van der Waals surface area contributed by atoms with Gasteiger partial charge in [0.05, 0.1) is 11.4 Å². The maximum Gasteiger partial charge on any atom is 0.247 e. The minimum Gasteiger partial charge on any atom is -0.356 e. The number of fused-ring (bicyclic) bond motifs is 3. The Morgan fingerprint density at radius 1 is 1.19 bits per heavy atom. The summed E-state index contributed by atoms with van der Waals surface area (Å²) in [5.41, 5.74) is 4.31. The van der Waals surface area contributed by atoms with Crippen LogP contribution in [0, 0.1) is 6.92 Å². The van der Waals surface area contributed by atoms with E-state index in [1.165, 1.54) is 11.1 Å². The Morgan fingerprint density at radius 3 is 2.81 bits per heavy atom. The standard InChI is InChI=1S/C21H23N3O2/c1-14-6-2-3-7-15(14)10-11-20(25)22-16-12-19-21(26)23-17-8-4-5-9-18(17)24(19)13-16/h2-9,16,19H,10-13H2,1H3,(H,22,25)(H,23,26). The number of nitrogens with one attached hydrogen (secondary N) is 2. The molecule has 5 heteroatoms. The van der Waals surface area contributed by atoms with Crippen molar-refractivity contribution in [2.45, 2.75) is 38.3 Å². The van der Waals surface area contributed by atoms with Crippen LogP contribution in [0.15, 0.2) is 48.5 Å². The first-order chi connectivity index (χ1) is 12.6. The van der Waals surface area contributed by atoms with E-state index in [0.717, 1.165) is 17.8 Å². The van der Waals surface area contributed by atoms with Gasteiger partial charge < -0.3 is 15.5 Å². The van der Waals surface area contributed by atoms with Gasteiger partial charge >= 0.3 is 0 Å². The van der Waals surface area contributed by atoms with E-state index in [1.54, 1.807) is 0 Å². The number of hydrogen-bond acceptors (Lipinski definition) is 3. The van der Waals surface area contributed by atoms with Crippen LogP contribution in [0.4, 0.5) is 11.4 Å². The molecule has 2 aromatic rings. The molecule has 2 atom stereocenters. The summed E-state index contributed by atoms with van der Waals surface area (Å²) in [6.45, 7) is 2.74. The van der Waals surface area contributed by atoms with E-state index in [1.807, 2.05) is 36.4 Å². The van der Waals surface area contributed by atoms with Gasteiger partial charge in [0.2, 0.25) is 11.8 Å². The van der Waals surface area contributed by atoms with Gasteiger partial charge in [0.15, 0.2) is 0 Å². The van der Waals surface area contributed by atoms with Crippen LogP contribution in [-0.4, -0.2) is 30.4 Å². The topological polar surface area (TPSA) is 61.4 Å². The Kier molecular flexibility index (Phi) is 4.37. The van der Waals surface area contributed by atoms with Gasteiger partial charge in [0.25, 0.3) is 0 Å². The molecular formula is C21H23N3O2. The van der Waals surface area contributed by atoms with Crippen molar-refractivity contribution in [3.63, 3.8) is 0 Å². The molecule has 1 fully saturated rings. The predicted octanol–water partition coefficient (Wildman–Crippen LogP) is 2.64. The quantitative estimate of drug-likeness (QED) is 0.892. The van der Waals surface area contributed by atoms with Gasteiger partial charge in [0, 0.05) is 19.0 Å². The van der Waals surface area contributed by atoms with Gasteiger partial charge in [0.1, 0.15) is 6.04 Å². The number of aryl methyl sites for hydroxylation is 2. The molecule has 26 heavy (non-hydrogen) atoms. The lowest BCUT2D eigenvalue weighted by Gasteiger charge is -2.32. The minimum absolute atomic E-state index is 0.00118. The summed E-state index contributed by atoms with van der Waals surface area (Å²) in [4.78, 5) is 26.9. The number of amides is 2. The Labute approximate surface area is 153 Å². The molecule has 2 unspecified atom stereocenters. The summed E-state index contributed by atoms with van der Waals surface area (Å²) in [5.74, 6) is 0.0622.